The first-order valence-electron chi connectivity index (χ1n) is 6.02. The minimum atomic E-state index is -4.66. The first-order chi connectivity index (χ1) is 10.9. The van der Waals surface area contributed by atoms with Crippen molar-refractivity contribution in [2.45, 2.75) is 16.6 Å². The number of halogens is 8. The molecule has 0 aliphatic rings. The number of hydrogen-bond donors (Lipinski definition) is 1. The minimum Gasteiger partial charge on any atom is -0.371 e. The van der Waals surface area contributed by atoms with Crippen molar-refractivity contribution in [1.29, 1.82) is 0 Å². The van der Waals surface area contributed by atoms with Crippen LogP contribution >= 0.6 is 35.0 Å². The quantitative estimate of drug-likeness (QED) is 0.509. The fourth-order valence-electron chi connectivity index (χ4n) is 1.79. The van der Waals surface area contributed by atoms with E-state index >= 15 is 0 Å². The summed E-state index contributed by atoms with van der Waals surface area (Å²) in [6, 6.07) is 1.25. The van der Waals surface area contributed by atoms with Crippen molar-refractivity contribution >= 4 is 40.8 Å². The summed E-state index contributed by atoms with van der Waals surface area (Å²) in [7, 11) is 1.35. The molecule has 0 amide bonds. The molecule has 0 unspecified atom stereocenters. The zero-order valence-corrected chi connectivity index (χ0v) is 13.9. The fourth-order valence-corrected chi connectivity index (χ4v) is 3.09. The molecular weight excluding hydrogens is 403 g/mol. The molecule has 0 bridgehead atoms. The van der Waals surface area contributed by atoms with Gasteiger partial charge in [0.15, 0.2) is 5.82 Å². The predicted molar refractivity (Wildman–Crippen MR) is 80.0 cm³/mol. The number of benzene rings is 1. The molecule has 12 heteroatoms. The maximum atomic E-state index is 12.7. The van der Waals surface area contributed by atoms with Crippen LogP contribution in [0.2, 0.25) is 10.0 Å². The Morgan fingerprint density at radius 3 is 2.04 bits per heavy atom. The smallest absolute Gasteiger partial charge is 0.371 e. The first kappa shape index (κ1) is 19.1. The molecule has 0 saturated heterocycles. The van der Waals surface area contributed by atoms with Gasteiger partial charge in [0.1, 0.15) is 5.69 Å². The van der Waals surface area contributed by atoms with Gasteiger partial charge >= 0.3 is 11.7 Å². The zero-order chi connectivity index (χ0) is 18.3. The van der Waals surface area contributed by atoms with Gasteiger partial charge in [0.25, 0.3) is 0 Å². The lowest BCUT2D eigenvalue weighted by Crippen LogP contribution is -2.07. The Morgan fingerprint density at radius 1 is 1.08 bits per heavy atom. The summed E-state index contributed by atoms with van der Waals surface area (Å²) < 4.78 is 76.6. The van der Waals surface area contributed by atoms with E-state index in [9.17, 15) is 26.3 Å². The lowest BCUT2D eigenvalue weighted by atomic mass is 10.2. The van der Waals surface area contributed by atoms with Crippen molar-refractivity contribution in [1.82, 2.24) is 9.78 Å². The number of anilines is 1. The third-order valence-corrected chi connectivity index (χ3v) is 4.04. The van der Waals surface area contributed by atoms with Gasteiger partial charge in [0.2, 0.25) is 0 Å². The molecule has 0 radical (unpaired) electrons. The van der Waals surface area contributed by atoms with Gasteiger partial charge in [-0.25, -0.2) is 4.68 Å². The summed E-state index contributed by atoms with van der Waals surface area (Å²) >= 11 is 11.2. The van der Waals surface area contributed by atoms with E-state index in [1.54, 1.807) is 0 Å². The van der Waals surface area contributed by atoms with Crippen LogP contribution in [0, 0.1) is 0 Å². The molecule has 2 aromatic rings. The normalized spacial score (nSPS) is 12.5. The topological polar surface area (TPSA) is 29.9 Å². The average molecular weight is 410 g/mol. The van der Waals surface area contributed by atoms with Crippen LogP contribution in [0.25, 0.3) is 5.69 Å². The Bertz CT molecular complexity index is 733. The molecule has 1 aromatic carbocycles. The summed E-state index contributed by atoms with van der Waals surface area (Å²) in [6.07, 6.45) is -3.69. The monoisotopic (exact) mass is 409 g/mol. The molecule has 0 aliphatic heterocycles. The third-order valence-electron chi connectivity index (χ3n) is 2.72. The summed E-state index contributed by atoms with van der Waals surface area (Å²) in [6.45, 7) is 0. The van der Waals surface area contributed by atoms with Gasteiger partial charge in [-0.15, -0.1) is 5.10 Å². The summed E-state index contributed by atoms with van der Waals surface area (Å²) in [5.41, 5.74) is -5.79. The Labute approximate surface area is 145 Å². The number of nitrogens with one attached hydrogen (secondary N) is 1. The molecule has 2 rings (SSSR count). The van der Waals surface area contributed by atoms with Crippen LogP contribution < -0.4 is 5.32 Å². The van der Waals surface area contributed by atoms with E-state index < -0.39 is 39.1 Å². The van der Waals surface area contributed by atoms with Crippen molar-refractivity contribution in [2.24, 2.45) is 0 Å². The molecule has 1 heterocycles. The van der Waals surface area contributed by atoms with E-state index in [0.29, 0.717) is 12.1 Å². The first-order valence-corrected chi connectivity index (χ1v) is 7.59. The molecule has 24 heavy (non-hydrogen) atoms. The van der Waals surface area contributed by atoms with Gasteiger partial charge in [-0.2, -0.15) is 26.3 Å². The Hall–Kier alpha value is -1.26. The molecule has 132 valence electrons. The maximum Gasteiger partial charge on any atom is 0.446 e. The molecular formula is C12H7Cl2F6N3S. The van der Waals surface area contributed by atoms with E-state index in [-0.39, 0.29) is 16.4 Å². The van der Waals surface area contributed by atoms with Crippen LogP contribution in [0.3, 0.4) is 0 Å². The van der Waals surface area contributed by atoms with Gasteiger partial charge in [-0.05, 0) is 23.9 Å². The van der Waals surface area contributed by atoms with Crippen LogP contribution in [0.15, 0.2) is 23.2 Å². The molecule has 1 aromatic heterocycles. The van der Waals surface area contributed by atoms with Crippen LogP contribution in [0.5, 0.6) is 0 Å². The largest absolute Gasteiger partial charge is 0.446 e. The lowest BCUT2D eigenvalue weighted by Gasteiger charge is -2.12. The predicted octanol–water partition coefficient (Wildman–Crippen LogP) is 5.85. The van der Waals surface area contributed by atoms with Crippen molar-refractivity contribution in [3.05, 3.63) is 33.9 Å². The number of rotatable bonds is 3. The summed E-state index contributed by atoms with van der Waals surface area (Å²) in [4.78, 5) is -0.281. The highest BCUT2D eigenvalue weighted by atomic mass is 35.5. The molecule has 0 aliphatic carbocycles. The van der Waals surface area contributed by atoms with Crippen LogP contribution in [-0.4, -0.2) is 22.3 Å². The van der Waals surface area contributed by atoms with E-state index in [1.165, 1.54) is 7.05 Å². The highest BCUT2D eigenvalue weighted by Gasteiger charge is 2.34. The number of nitrogens with zero attached hydrogens (tertiary/aromatic N) is 2. The van der Waals surface area contributed by atoms with Gasteiger partial charge in [0.05, 0.1) is 20.5 Å². The van der Waals surface area contributed by atoms with Gasteiger partial charge in [-0.3, -0.25) is 0 Å². The molecule has 0 saturated carbocycles. The third kappa shape index (κ3) is 4.22. The summed E-state index contributed by atoms with van der Waals surface area (Å²) in [5.74, 6) is -0.121. The average Bonchev–Trinajstić information content (AvgIpc) is 2.77. The van der Waals surface area contributed by atoms with Crippen LogP contribution in [0.4, 0.5) is 32.2 Å². The van der Waals surface area contributed by atoms with Gasteiger partial charge in [0, 0.05) is 13.2 Å². The van der Waals surface area contributed by atoms with E-state index in [0.717, 1.165) is 10.9 Å². The van der Waals surface area contributed by atoms with Crippen molar-refractivity contribution in [3.8, 4) is 5.69 Å². The van der Waals surface area contributed by atoms with Gasteiger partial charge in [-0.1, -0.05) is 23.2 Å². The second-order valence-corrected chi connectivity index (χ2v) is 6.29. The van der Waals surface area contributed by atoms with E-state index in [1.807, 2.05) is 0 Å². The number of thioether (sulfide) groups is 1. The van der Waals surface area contributed by atoms with Gasteiger partial charge < -0.3 is 5.32 Å². The minimum absolute atomic E-state index is 0.121. The fraction of sp³-hybridized carbons (Fsp3) is 0.250. The van der Waals surface area contributed by atoms with Crippen LogP contribution in [0.1, 0.15) is 5.56 Å². The molecule has 0 atom stereocenters. The number of hydrogen-bond acceptors (Lipinski definition) is 3. The van der Waals surface area contributed by atoms with Crippen LogP contribution in [-0.2, 0) is 6.18 Å². The molecule has 0 fully saturated rings. The number of alkyl halides is 6. The second kappa shape index (κ2) is 6.57. The Kier molecular flexibility index (Phi) is 5.22. The zero-order valence-electron chi connectivity index (χ0n) is 11.6. The number of aromatic nitrogens is 2. The highest BCUT2D eigenvalue weighted by Crippen LogP contribution is 2.42. The maximum absolute atomic E-state index is 12.7. The standard InChI is InChI=1S/C12H7Cl2F6N3S/c1-21-10-8(24-12(18,19)20)4-23(22-10)9-6(13)2-5(3-7(9)14)11(15,16)17/h2-4H,1H3,(H,21,22). The molecule has 0 spiro atoms. The van der Waals surface area contributed by atoms with Crippen molar-refractivity contribution in [2.75, 3.05) is 12.4 Å². The highest BCUT2D eigenvalue weighted by molar-refractivity contribution is 8.00. The van der Waals surface area contributed by atoms with Crippen molar-refractivity contribution in [3.63, 3.8) is 0 Å². The Balaban J connectivity index is 2.53. The summed E-state index contributed by atoms with van der Waals surface area (Å²) in [5, 5.41) is 5.50. The lowest BCUT2D eigenvalue weighted by molar-refractivity contribution is -0.137. The van der Waals surface area contributed by atoms with E-state index in [4.69, 9.17) is 23.2 Å². The molecule has 3 nitrogen and oxygen atoms in total. The second-order valence-electron chi connectivity index (χ2n) is 4.37. The van der Waals surface area contributed by atoms with Crippen molar-refractivity contribution < 1.29 is 26.3 Å². The van der Waals surface area contributed by atoms with E-state index in [2.05, 4.69) is 10.4 Å². The SMILES string of the molecule is CNc1nn(-c2c(Cl)cc(C(F)(F)F)cc2Cl)cc1SC(F)(F)F. The Morgan fingerprint density at radius 2 is 1.62 bits per heavy atom. The molecule has 1 N–H and O–H groups in total.